The first kappa shape index (κ1) is 37.8. The Labute approximate surface area is 284 Å². The third kappa shape index (κ3) is 11.6. The van der Waals surface area contributed by atoms with Crippen LogP contribution in [0.1, 0.15) is 47.5 Å². The molecule has 3 aromatic carbocycles. The molecule has 11 heteroatoms. The van der Waals surface area contributed by atoms with E-state index in [-0.39, 0.29) is 36.8 Å². The van der Waals surface area contributed by atoms with Crippen LogP contribution in [0.5, 0.6) is 11.5 Å². The molecule has 0 spiro atoms. The van der Waals surface area contributed by atoms with Crippen LogP contribution >= 0.6 is 0 Å². The largest absolute Gasteiger partial charge is 0.490 e. The van der Waals surface area contributed by atoms with E-state index >= 15 is 0 Å². The highest BCUT2D eigenvalue weighted by Crippen LogP contribution is 2.33. The zero-order chi connectivity index (χ0) is 33.8. The number of piperazine rings is 1. The third-order valence-electron chi connectivity index (χ3n) is 8.15. The highest BCUT2D eigenvalue weighted by Gasteiger charge is 2.26. The molecular weight excluding hydrogens is 612 g/mol. The second-order valence-electron chi connectivity index (χ2n) is 12.3. The molecule has 0 saturated carbocycles. The summed E-state index contributed by atoms with van der Waals surface area (Å²) in [4.78, 5) is 39.7. The van der Waals surface area contributed by atoms with E-state index < -0.39 is 10.9 Å². The number of nitro groups is 1. The van der Waals surface area contributed by atoms with Crippen LogP contribution in [0, 0.1) is 16.0 Å². The Kier molecular flexibility index (Phi) is 14.7. The Bertz CT molecular complexity index is 1450. The lowest BCUT2D eigenvalue weighted by Gasteiger charge is -2.37. The van der Waals surface area contributed by atoms with Gasteiger partial charge in [0.25, 0.3) is 5.97 Å². The van der Waals surface area contributed by atoms with Gasteiger partial charge >= 0.3 is 5.69 Å². The molecule has 2 heterocycles. The van der Waals surface area contributed by atoms with E-state index in [1.807, 2.05) is 24.8 Å². The number of nitrogens with zero attached hydrogens (tertiary/aromatic N) is 4. The summed E-state index contributed by atoms with van der Waals surface area (Å²) in [6.45, 7) is 11.3. The molecule has 1 amide bonds. The van der Waals surface area contributed by atoms with E-state index in [1.54, 1.807) is 12.1 Å². The predicted octanol–water partition coefficient (Wildman–Crippen LogP) is 6.61. The number of aliphatic carboxylic acids is 1. The van der Waals surface area contributed by atoms with Crippen molar-refractivity contribution in [2.45, 2.75) is 53.6 Å². The normalized spacial score (nSPS) is 15.2. The molecule has 0 unspecified atom stereocenters. The number of benzene rings is 3. The molecule has 260 valence electrons. The van der Waals surface area contributed by atoms with Crippen LogP contribution in [0.25, 0.3) is 11.1 Å². The van der Waals surface area contributed by atoms with Gasteiger partial charge in [0.1, 0.15) is 11.9 Å². The Morgan fingerprint density at radius 1 is 0.917 bits per heavy atom. The Hall–Kier alpha value is -4.64. The van der Waals surface area contributed by atoms with Gasteiger partial charge in [-0.15, -0.1) is 0 Å². The van der Waals surface area contributed by atoms with E-state index in [1.165, 1.54) is 22.9 Å². The second-order valence-corrected chi connectivity index (χ2v) is 12.3. The number of hydrogen-bond donors (Lipinski definition) is 1. The van der Waals surface area contributed by atoms with Crippen LogP contribution in [0.2, 0.25) is 0 Å². The lowest BCUT2D eigenvalue weighted by Crippen LogP contribution is -2.48. The number of carbonyl (C=O) groups is 2. The number of rotatable bonds is 11. The molecular formula is C37H50N4O7. The van der Waals surface area contributed by atoms with Crippen LogP contribution < -0.4 is 14.4 Å². The molecule has 2 fully saturated rings. The number of carboxylic acid groups (broad SMARTS) is 1. The summed E-state index contributed by atoms with van der Waals surface area (Å²) in [5, 5.41) is 18.8. The van der Waals surface area contributed by atoms with Crippen molar-refractivity contribution >= 4 is 23.3 Å². The average molecular weight is 663 g/mol. The molecule has 0 atom stereocenters. The molecule has 0 aromatic heterocycles. The summed E-state index contributed by atoms with van der Waals surface area (Å²) in [5.41, 5.74) is 3.64. The monoisotopic (exact) mass is 662 g/mol. The molecule has 2 aliphatic rings. The van der Waals surface area contributed by atoms with E-state index in [2.05, 4.69) is 58.3 Å². The summed E-state index contributed by atoms with van der Waals surface area (Å²) < 4.78 is 11.8. The topological polar surface area (TPSA) is 126 Å². The zero-order valence-electron chi connectivity index (χ0n) is 27.5. The summed E-state index contributed by atoms with van der Waals surface area (Å²) >= 11 is 0. The number of hydrogen-bond acceptors (Lipinski definition) is 8. The quantitative estimate of drug-likeness (QED) is 0.178. The lowest BCUT2D eigenvalue weighted by atomic mass is 10.1. The summed E-state index contributed by atoms with van der Waals surface area (Å²) in [7, 11) is 0. The van der Waals surface area contributed by atoms with Gasteiger partial charge in [-0.2, -0.15) is 0 Å². The predicted molar refractivity (Wildman–Crippen MR) is 189 cm³/mol. The first-order valence-electron chi connectivity index (χ1n) is 16.3. The maximum absolute atomic E-state index is 13.0. The Morgan fingerprint density at radius 2 is 1.52 bits per heavy atom. The van der Waals surface area contributed by atoms with Crippen LogP contribution in [0.15, 0.2) is 72.8 Å². The van der Waals surface area contributed by atoms with Gasteiger partial charge in [0.2, 0.25) is 11.7 Å². The second kappa shape index (κ2) is 18.6. The third-order valence-corrected chi connectivity index (χ3v) is 8.15. The number of ether oxygens (including phenoxy) is 2. The van der Waals surface area contributed by atoms with Crippen molar-refractivity contribution < 1.29 is 29.1 Å². The average Bonchev–Trinajstić information content (AvgIpc) is 3.07. The standard InChI is InChI=1S/C34H42N4O5.C2H4O2.CH4/c1-26(2)25-42-33-24-31(12-13-32(33)38(40)41)43-30-14-18-37(19-15-30)34(39)16-17-35-20-22-36(23-21-35)29-10-8-28(9-11-29)27-6-4-3-5-7-27;1-2(3)4;/h3-13,24,26,30H,14-23,25H2,1-2H3;1H3,(H,3,4);1H4. The summed E-state index contributed by atoms with van der Waals surface area (Å²) in [5.74, 6) is 0.391. The van der Waals surface area contributed by atoms with Gasteiger partial charge in [-0.25, -0.2) is 0 Å². The molecule has 11 nitrogen and oxygen atoms in total. The fourth-order valence-corrected chi connectivity index (χ4v) is 5.64. The van der Waals surface area contributed by atoms with E-state index in [0.29, 0.717) is 31.9 Å². The van der Waals surface area contributed by atoms with Gasteiger partial charge in [0, 0.05) is 89.8 Å². The molecule has 5 rings (SSSR count). The van der Waals surface area contributed by atoms with Gasteiger partial charge in [0.15, 0.2) is 0 Å². The van der Waals surface area contributed by atoms with Gasteiger partial charge in [0.05, 0.1) is 11.5 Å². The molecule has 0 aliphatic carbocycles. The number of piperidine rings is 1. The van der Waals surface area contributed by atoms with Crippen molar-refractivity contribution in [3.05, 3.63) is 82.9 Å². The maximum Gasteiger partial charge on any atom is 0.311 e. The van der Waals surface area contributed by atoms with Crippen molar-refractivity contribution in [2.75, 3.05) is 57.3 Å². The molecule has 48 heavy (non-hydrogen) atoms. The number of nitro benzene ring substituents is 1. The maximum atomic E-state index is 13.0. The van der Waals surface area contributed by atoms with Gasteiger partial charge in [-0.3, -0.25) is 24.6 Å². The molecule has 0 radical (unpaired) electrons. The molecule has 0 bridgehead atoms. The summed E-state index contributed by atoms with van der Waals surface area (Å²) in [6.07, 6.45) is 1.94. The van der Waals surface area contributed by atoms with Crippen molar-refractivity contribution in [1.82, 2.24) is 9.80 Å². The number of anilines is 1. The first-order valence-corrected chi connectivity index (χ1v) is 16.3. The molecule has 3 aromatic rings. The Balaban J connectivity index is 0.00000118. The van der Waals surface area contributed by atoms with Crippen LogP contribution in [-0.2, 0) is 9.59 Å². The summed E-state index contributed by atoms with van der Waals surface area (Å²) in [6, 6.07) is 23.9. The minimum absolute atomic E-state index is 0. The SMILES string of the molecule is C.CC(=O)O.CC(C)COc1cc(OC2CCN(C(=O)CCN3CCN(c4ccc(-c5ccccc5)cc4)CC3)CC2)ccc1[N+](=O)[O-]. The number of likely N-dealkylation sites (tertiary alicyclic amines) is 1. The van der Waals surface area contributed by atoms with Gasteiger partial charge in [-0.1, -0.05) is 63.7 Å². The van der Waals surface area contributed by atoms with E-state index in [4.69, 9.17) is 19.4 Å². The Morgan fingerprint density at radius 3 is 2.10 bits per heavy atom. The van der Waals surface area contributed by atoms with Crippen LogP contribution in [0.4, 0.5) is 11.4 Å². The first-order chi connectivity index (χ1) is 22.6. The molecule has 2 saturated heterocycles. The smallest absolute Gasteiger partial charge is 0.311 e. The van der Waals surface area contributed by atoms with Crippen LogP contribution in [0.3, 0.4) is 0 Å². The highest BCUT2D eigenvalue weighted by atomic mass is 16.6. The van der Waals surface area contributed by atoms with Crippen molar-refractivity contribution in [3.63, 3.8) is 0 Å². The fraction of sp³-hybridized carbons (Fsp3) is 0.459. The zero-order valence-corrected chi connectivity index (χ0v) is 27.5. The van der Waals surface area contributed by atoms with Crippen molar-refractivity contribution in [3.8, 4) is 22.6 Å². The minimum Gasteiger partial charge on any atom is -0.490 e. The molecule has 2 aliphatic heterocycles. The van der Waals surface area contributed by atoms with Gasteiger partial charge < -0.3 is 24.4 Å². The number of carbonyl (C=O) groups excluding carboxylic acids is 1. The van der Waals surface area contributed by atoms with E-state index in [0.717, 1.165) is 52.5 Å². The number of amides is 1. The molecule has 1 N–H and O–H groups in total. The highest BCUT2D eigenvalue weighted by molar-refractivity contribution is 5.76. The fourth-order valence-electron chi connectivity index (χ4n) is 5.64. The lowest BCUT2D eigenvalue weighted by molar-refractivity contribution is -0.385. The van der Waals surface area contributed by atoms with Gasteiger partial charge in [-0.05, 0) is 35.2 Å². The number of carboxylic acids is 1. The van der Waals surface area contributed by atoms with Crippen molar-refractivity contribution in [2.24, 2.45) is 5.92 Å². The minimum atomic E-state index is -0.833. The van der Waals surface area contributed by atoms with Crippen LogP contribution in [-0.4, -0.2) is 90.2 Å². The van der Waals surface area contributed by atoms with E-state index in [9.17, 15) is 14.9 Å². The van der Waals surface area contributed by atoms with Crippen molar-refractivity contribution in [1.29, 1.82) is 0 Å².